The molecule has 6 rings (SSSR count). The molecule has 0 unspecified atom stereocenters. The van der Waals surface area contributed by atoms with Crippen LogP contribution in [0.2, 0.25) is 0 Å². The van der Waals surface area contributed by atoms with E-state index >= 15 is 0 Å². The van der Waals surface area contributed by atoms with Gasteiger partial charge in [0.15, 0.2) is 0 Å². The number of pyridine rings is 1. The highest BCUT2D eigenvalue weighted by Gasteiger charge is 2.54. The predicted molar refractivity (Wildman–Crippen MR) is 113 cm³/mol. The molecule has 10 heteroatoms. The van der Waals surface area contributed by atoms with Gasteiger partial charge in [0, 0.05) is 12.3 Å². The molecule has 3 aromatic rings. The molecule has 3 aliphatic rings. The highest BCUT2D eigenvalue weighted by Crippen LogP contribution is 2.55. The number of fused-ring (bicyclic) bond motifs is 3. The minimum atomic E-state index is -0.824. The lowest BCUT2D eigenvalue weighted by atomic mass is 9.58. The topological polar surface area (TPSA) is 104 Å². The third kappa shape index (κ3) is 3.93. The van der Waals surface area contributed by atoms with Crippen molar-refractivity contribution in [2.75, 3.05) is 7.11 Å². The lowest BCUT2D eigenvalue weighted by Gasteiger charge is -2.50. The fourth-order valence-corrected chi connectivity index (χ4v) is 4.89. The smallest absolute Gasteiger partial charge is 0.338 e. The van der Waals surface area contributed by atoms with Crippen LogP contribution >= 0.6 is 0 Å². The van der Waals surface area contributed by atoms with Crippen LogP contribution in [0, 0.1) is 11.6 Å². The van der Waals surface area contributed by atoms with Crippen molar-refractivity contribution >= 4 is 11.9 Å². The van der Waals surface area contributed by atoms with Gasteiger partial charge in [-0.15, -0.1) is 0 Å². The number of esters is 2. The molecule has 3 aliphatic carbocycles. The van der Waals surface area contributed by atoms with Crippen LogP contribution < -0.4 is 0 Å². The van der Waals surface area contributed by atoms with Crippen molar-refractivity contribution < 1.29 is 32.4 Å². The van der Waals surface area contributed by atoms with Gasteiger partial charge in [0.2, 0.25) is 11.7 Å². The van der Waals surface area contributed by atoms with Gasteiger partial charge in [-0.3, -0.25) is 4.98 Å². The van der Waals surface area contributed by atoms with Gasteiger partial charge in [-0.1, -0.05) is 5.16 Å². The summed E-state index contributed by atoms with van der Waals surface area (Å²) in [5, 5.41) is 4.06. The fraction of sp³-hybridized carbons (Fsp3) is 0.375. The fourth-order valence-electron chi connectivity index (χ4n) is 4.89. The second-order valence-corrected chi connectivity index (χ2v) is 8.86. The molecule has 176 valence electrons. The van der Waals surface area contributed by atoms with Crippen LogP contribution in [-0.2, 0) is 14.9 Å². The van der Waals surface area contributed by atoms with Crippen molar-refractivity contribution in [3.8, 4) is 11.5 Å². The zero-order valence-corrected chi connectivity index (χ0v) is 18.3. The van der Waals surface area contributed by atoms with Crippen molar-refractivity contribution in [2.24, 2.45) is 0 Å². The van der Waals surface area contributed by atoms with Gasteiger partial charge in [-0.25, -0.2) is 18.4 Å². The molecule has 0 spiro atoms. The molecule has 0 saturated heterocycles. The molecule has 2 bridgehead atoms. The van der Waals surface area contributed by atoms with Crippen LogP contribution in [0.1, 0.15) is 65.1 Å². The number of hydrogen-bond donors (Lipinski definition) is 0. The lowest BCUT2D eigenvalue weighted by molar-refractivity contribution is -0.0886. The third-order valence-corrected chi connectivity index (χ3v) is 6.87. The minimum Gasteiger partial charge on any atom is -0.465 e. The molecular formula is C24H21F2N3O5. The van der Waals surface area contributed by atoms with E-state index < -0.39 is 29.2 Å². The molecule has 1 aromatic carbocycles. The summed E-state index contributed by atoms with van der Waals surface area (Å²) in [6, 6.07) is 5.74. The van der Waals surface area contributed by atoms with E-state index in [4.69, 9.17) is 14.0 Å². The first kappa shape index (κ1) is 22.1. The van der Waals surface area contributed by atoms with Crippen LogP contribution in [0.5, 0.6) is 0 Å². The molecular weight excluding hydrogens is 448 g/mol. The molecule has 0 amide bonds. The highest BCUT2D eigenvalue weighted by molar-refractivity contribution is 5.90. The summed E-state index contributed by atoms with van der Waals surface area (Å²) in [5.74, 6) is -2.11. The van der Waals surface area contributed by atoms with E-state index in [-0.39, 0.29) is 16.8 Å². The Labute approximate surface area is 193 Å². The Morgan fingerprint density at radius 2 is 1.62 bits per heavy atom. The number of carbonyl (C=O) groups excluding carboxylic acids is 2. The summed E-state index contributed by atoms with van der Waals surface area (Å²) in [7, 11) is 1.30. The summed E-state index contributed by atoms with van der Waals surface area (Å²) < 4.78 is 43.1. The van der Waals surface area contributed by atoms with E-state index in [2.05, 4.69) is 15.1 Å². The summed E-state index contributed by atoms with van der Waals surface area (Å²) in [4.78, 5) is 33.2. The van der Waals surface area contributed by atoms with Gasteiger partial charge < -0.3 is 14.0 Å². The van der Waals surface area contributed by atoms with Crippen LogP contribution in [0.15, 0.2) is 41.1 Å². The number of carbonyl (C=O) groups is 2. The van der Waals surface area contributed by atoms with Crippen molar-refractivity contribution in [1.29, 1.82) is 0 Å². The maximum absolute atomic E-state index is 13.5. The number of benzene rings is 1. The molecule has 3 fully saturated rings. The number of rotatable bonds is 5. The highest BCUT2D eigenvalue weighted by atomic mass is 19.1. The number of ether oxygens (including phenoxy) is 2. The predicted octanol–water partition coefficient (Wildman–Crippen LogP) is 4.40. The monoisotopic (exact) mass is 469 g/mol. The maximum Gasteiger partial charge on any atom is 0.338 e. The summed E-state index contributed by atoms with van der Waals surface area (Å²) in [6.07, 6.45) is 5.18. The Morgan fingerprint density at radius 3 is 2.26 bits per heavy atom. The van der Waals surface area contributed by atoms with Crippen molar-refractivity contribution in [3.63, 3.8) is 0 Å². The molecule has 2 aromatic heterocycles. The summed E-state index contributed by atoms with van der Waals surface area (Å²) in [6.45, 7) is 0. The van der Waals surface area contributed by atoms with Crippen LogP contribution in [0.25, 0.3) is 11.5 Å². The average Bonchev–Trinajstić information content (AvgIpc) is 3.35. The van der Waals surface area contributed by atoms with Crippen LogP contribution in [0.3, 0.4) is 0 Å². The van der Waals surface area contributed by atoms with Gasteiger partial charge in [0.05, 0.1) is 23.7 Å². The Balaban J connectivity index is 1.30. The van der Waals surface area contributed by atoms with E-state index in [9.17, 15) is 18.4 Å². The van der Waals surface area contributed by atoms with E-state index in [0.29, 0.717) is 61.7 Å². The average molecular weight is 469 g/mol. The first-order valence-corrected chi connectivity index (χ1v) is 10.9. The Morgan fingerprint density at radius 1 is 0.941 bits per heavy atom. The summed E-state index contributed by atoms with van der Waals surface area (Å²) >= 11 is 0. The largest absolute Gasteiger partial charge is 0.465 e. The Kier molecular flexibility index (Phi) is 5.38. The molecule has 2 heterocycles. The van der Waals surface area contributed by atoms with Gasteiger partial charge in [-0.2, -0.15) is 4.98 Å². The normalized spacial score (nSPS) is 23.5. The number of nitrogens with zero attached hydrogens (tertiary/aromatic N) is 3. The molecule has 3 saturated carbocycles. The number of halogens is 2. The molecule has 0 N–H and O–H groups in total. The molecule has 34 heavy (non-hydrogen) atoms. The van der Waals surface area contributed by atoms with Crippen molar-refractivity contribution in [2.45, 2.75) is 49.5 Å². The lowest BCUT2D eigenvalue weighted by Crippen LogP contribution is -2.50. The zero-order valence-electron chi connectivity index (χ0n) is 18.3. The van der Waals surface area contributed by atoms with Gasteiger partial charge in [0.1, 0.15) is 22.9 Å². The van der Waals surface area contributed by atoms with Gasteiger partial charge in [0.25, 0.3) is 0 Å². The van der Waals surface area contributed by atoms with Crippen LogP contribution in [-0.4, -0.2) is 39.8 Å². The van der Waals surface area contributed by atoms with Gasteiger partial charge in [-0.05, 0) is 62.8 Å². The Bertz CT molecular complexity index is 1230. The third-order valence-electron chi connectivity index (χ3n) is 6.87. The van der Waals surface area contributed by atoms with Crippen molar-refractivity contribution in [1.82, 2.24) is 15.1 Å². The first-order valence-electron chi connectivity index (χ1n) is 10.9. The standard InChI is InChI=1S/C24H21F2N3O5/c1-32-20(30)14-2-9-27-18(12-14)19-28-22(34-29-19)23-3-6-24(7-4-23,8-5-23)33-21(31)15-10-16(25)13-17(26)11-15/h2,9-13H,3-8H2,1H3. The SMILES string of the molecule is COC(=O)c1ccnc(-c2noc(C34CCC(OC(=O)c5cc(F)cc(F)c5)(CC3)CC4)n2)c1. The summed E-state index contributed by atoms with van der Waals surface area (Å²) in [5.41, 5.74) is -0.438. The molecule has 0 aliphatic heterocycles. The Hall–Kier alpha value is -3.69. The van der Waals surface area contributed by atoms with E-state index in [1.807, 2.05) is 0 Å². The van der Waals surface area contributed by atoms with E-state index in [0.717, 1.165) is 12.1 Å². The number of aromatic nitrogens is 3. The first-order chi connectivity index (χ1) is 16.3. The molecule has 0 atom stereocenters. The molecule has 8 nitrogen and oxygen atoms in total. The maximum atomic E-state index is 13.5. The van der Waals surface area contributed by atoms with Crippen molar-refractivity contribution in [3.05, 3.63) is 65.2 Å². The molecule has 0 radical (unpaired) electrons. The number of hydrogen-bond acceptors (Lipinski definition) is 8. The second-order valence-electron chi connectivity index (χ2n) is 8.86. The quantitative estimate of drug-likeness (QED) is 0.507. The van der Waals surface area contributed by atoms with Gasteiger partial charge >= 0.3 is 11.9 Å². The van der Waals surface area contributed by atoms with Crippen LogP contribution in [0.4, 0.5) is 8.78 Å². The zero-order chi connectivity index (χ0) is 23.9. The van der Waals surface area contributed by atoms with E-state index in [1.165, 1.54) is 19.4 Å². The number of methoxy groups -OCH3 is 1. The van der Waals surface area contributed by atoms with E-state index in [1.54, 1.807) is 6.07 Å². The minimum absolute atomic E-state index is 0.141. The second kappa shape index (κ2) is 8.27.